The highest BCUT2D eigenvalue weighted by Gasteiger charge is 2.12. The Balaban J connectivity index is 2.23. The van der Waals surface area contributed by atoms with Gasteiger partial charge in [-0.3, -0.25) is 9.59 Å². The van der Waals surface area contributed by atoms with Gasteiger partial charge in [0.2, 0.25) is 0 Å². The monoisotopic (exact) mass is 316 g/mol. The molecule has 0 aliphatic carbocycles. The van der Waals surface area contributed by atoms with Gasteiger partial charge in [0.15, 0.2) is 0 Å². The summed E-state index contributed by atoms with van der Waals surface area (Å²) in [5.74, 6) is 0.244. The minimum atomic E-state index is -0.236. The van der Waals surface area contributed by atoms with E-state index in [0.717, 1.165) is 11.1 Å². The Hall–Kier alpha value is -2.63. The lowest BCUT2D eigenvalue weighted by molar-refractivity contribution is -0.140. The Morgan fingerprint density at radius 1 is 1.26 bits per heavy atom. The van der Waals surface area contributed by atoms with Crippen LogP contribution in [0.15, 0.2) is 35.3 Å². The van der Waals surface area contributed by atoms with Crippen LogP contribution in [0.3, 0.4) is 0 Å². The second-order valence-corrected chi connectivity index (χ2v) is 5.19. The lowest BCUT2D eigenvalue weighted by Gasteiger charge is -2.10. The van der Waals surface area contributed by atoms with Gasteiger partial charge in [0, 0.05) is 19.9 Å². The number of hydrogen-bond acceptors (Lipinski definition) is 5. The van der Waals surface area contributed by atoms with E-state index in [2.05, 4.69) is 9.84 Å². The summed E-state index contributed by atoms with van der Waals surface area (Å²) in [7, 11) is 4.51. The van der Waals surface area contributed by atoms with Gasteiger partial charge in [0.1, 0.15) is 5.75 Å². The summed E-state index contributed by atoms with van der Waals surface area (Å²) < 4.78 is 11.2. The molecule has 0 unspecified atom stereocenters. The molecule has 23 heavy (non-hydrogen) atoms. The Labute approximate surface area is 134 Å². The molecule has 0 spiro atoms. The third-order valence-electron chi connectivity index (χ3n) is 3.64. The van der Waals surface area contributed by atoms with Gasteiger partial charge in [-0.25, -0.2) is 4.68 Å². The van der Waals surface area contributed by atoms with Crippen molar-refractivity contribution in [1.29, 1.82) is 0 Å². The lowest BCUT2D eigenvalue weighted by Crippen LogP contribution is -2.24. The van der Waals surface area contributed by atoms with Crippen molar-refractivity contribution in [1.82, 2.24) is 9.78 Å². The van der Waals surface area contributed by atoms with Crippen molar-refractivity contribution in [3.63, 3.8) is 0 Å². The normalized spacial score (nSPS) is 10.4. The number of aryl methyl sites for hydroxylation is 2. The smallest absolute Gasteiger partial charge is 0.305 e. The second kappa shape index (κ2) is 7.58. The predicted molar refractivity (Wildman–Crippen MR) is 85.6 cm³/mol. The van der Waals surface area contributed by atoms with Gasteiger partial charge < -0.3 is 9.47 Å². The van der Waals surface area contributed by atoms with E-state index >= 15 is 0 Å². The highest BCUT2D eigenvalue weighted by molar-refractivity contribution is 5.69. The zero-order chi connectivity index (χ0) is 16.8. The van der Waals surface area contributed by atoms with E-state index < -0.39 is 0 Å². The van der Waals surface area contributed by atoms with Crippen LogP contribution >= 0.6 is 0 Å². The number of nitrogens with zero attached hydrogens (tertiary/aromatic N) is 2. The number of carbonyl (C=O) groups is 1. The zero-order valence-electron chi connectivity index (χ0n) is 13.5. The minimum Gasteiger partial charge on any atom is -0.495 e. The van der Waals surface area contributed by atoms with Crippen LogP contribution in [-0.2, 0) is 29.4 Å². The number of hydrogen-bond donors (Lipinski definition) is 0. The molecule has 0 aliphatic rings. The van der Waals surface area contributed by atoms with Crippen LogP contribution in [0.2, 0.25) is 0 Å². The van der Waals surface area contributed by atoms with E-state index in [-0.39, 0.29) is 11.5 Å². The molecule has 0 saturated heterocycles. The molecule has 0 saturated carbocycles. The Morgan fingerprint density at radius 2 is 2.00 bits per heavy atom. The maximum Gasteiger partial charge on any atom is 0.305 e. The zero-order valence-corrected chi connectivity index (χ0v) is 13.5. The van der Waals surface area contributed by atoms with Crippen LogP contribution in [0.1, 0.15) is 23.1 Å². The molecule has 0 bridgehead atoms. The van der Waals surface area contributed by atoms with Crippen molar-refractivity contribution in [3.8, 4) is 5.75 Å². The van der Waals surface area contributed by atoms with Crippen LogP contribution in [0, 0.1) is 0 Å². The minimum absolute atomic E-state index is 0.177. The van der Waals surface area contributed by atoms with Crippen LogP contribution in [0.5, 0.6) is 5.75 Å². The van der Waals surface area contributed by atoms with E-state index in [1.165, 1.54) is 25.1 Å². The Morgan fingerprint density at radius 3 is 2.70 bits per heavy atom. The van der Waals surface area contributed by atoms with Gasteiger partial charge in [0.05, 0.1) is 26.0 Å². The fraction of sp³-hybridized carbons (Fsp3) is 0.353. The Kier molecular flexibility index (Phi) is 5.51. The SMILES string of the molecule is COC(=O)CCc1cccc(Cc2c(OC)cnn(C)c2=O)c1. The first-order valence-corrected chi connectivity index (χ1v) is 7.29. The molecule has 0 radical (unpaired) electrons. The molecule has 6 heteroatoms. The topological polar surface area (TPSA) is 70.4 Å². The molecule has 0 amide bonds. The molecule has 0 aliphatic heterocycles. The highest BCUT2D eigenvalue weighted by atomic mass is 16.5. The van der Waals surface area contributed by atoms with E-state index in [9.17, 15) is 9.59 Å². The van der Waals surface area contributed by atoms with Gasteiger partial charge in [-0.15, -0.1) is 0 Å². The maximum absolute atomic E-state index is 12.3. The number of methoxy groups -OCH3 is 2. The van der Waals surface area contributed by atoms with Gasteiger partial charge in [0.25, 0.3) is 5.56 Å². The van der Waals surface area contributed by atoms with Crippen LogP contribution < -0.4 is 10.3 Å². The summed E-state index contributed by atoms with van der Waals surface area (Å²) in [6, 6.07) is 7.80. The molecule has 1 heterocycles. The molecular weight excluding hydrogens is 296 g/mol. The molecule has 1 aromatic carbocycles. The number of aromatic nitrogens is 2. The standard InChI is InChI=1S/C17H20N2O4/c1-19-17(21)14(15(22-2)11-18-19)10-13-6-4-5-12(9-13)7-8-16(20)23-3/h4-6,9,11H,7-8,10H2,1-3H3. The average molecular weight is 316 g/mol. The number of esters is 1. The molecule has 0 atom stereocenters. The number of rotatable bonds is 6. The summed E-state index contributed by atoms with van der Waals surface area (Å²) in [5, 5.41) is 3.96. The van der Waals surface area contributed by atoms with Crippen molar-refractivity contribution in [2.45, 2.75) is 19.3 Å². The number of carbonyl (C=O) groups excluding carboxylic acids is 1. The van der Waals surface area contributed by atoms with Crippen molar-refractivity contribution in [2.24, 2.45) is 7.05 Å². The van der Waals surface area contributed by atoms with Crippen LogP contribution in [-0.4, -0.2) is 30.0 Å². The maximum atomic E-state index is 12.3. The van der Waals surface area contributed by atoms with Gasteiger partial charge in [-0.1, -0.05) is 24.3 Å². The lowest BCUT2D eigenvalue weighted by atomic mass is 10.0. The summed E-state index contributed by atoms with van der Waals surface area (Å²) >= 11 is 0. The number of benzene rings is 1. The molecule has 2 rings (SSSR count). The summed E-state index contributed by atoms with van der Waals surface area (Å²) in [6.45, 7) is 0. The molecule has 2 aromatic rings. The van der Waals surface area contributed by atoms with Crippen molar-refractivity contribution < 1.29 is 14.3 Å². The fourth-order valence-electron chi connectivity index (χ4n) is 2.36. The van der Waals surface area contributed by atoms with E-state index in [0.29, 0.717) is 30.6 Å². The molecule has 1 aromatic heterocycles. The first-order chi connectivity index (χ1) is 11.0. The summed E-state index contributed by atoms with van der Waals surface area (Å²) in [6.07, 6.45) is 2.93. The first-order valence-electron chi connectivity index (χ1n) is 7.29. The van der Waals surface area contributed by atoms with Crippen LogP contribution in [0.25, 0.3) is 0 Å². The van der Waals surface area contributed by atoms with E-state index in [1.54, 1.807) is 7.05 Å². The molecule has 6 nitrogen and oxygen atoms in total. The van der Waals surface area contributed by atoms with E-state index in [4.69, 9.17) is 4.74 Å². The number of ether oxygens (including phenoxy) is 2. The summed E-state index contributed by atoms with van der Waals surface area (Å²) in [4.78, 5) is 23.5. The van der Waals surface area contributed by atoms with Gasteiger partial charge >= 0.3 is 5.97 Å². The summed E-state index contributed by atoms with van der Waals surface area (Å²) in [5.41, 5.74) is 2.39. The van der Waals surface area contributed by atoms with Crippen molar-refractivity contribution in [3.05, 3.63) is 57.5 Å². The molecule has 0 fully saturated rings. The molecule has 122 valence electrons. The van der Waals surface area contributed by atoms with Crippen LogP contribution in [0.4, 0.5) is 0 Å². The largest absolute Gasteiger partial charge is 0.495 e. The van der Waals surface area contributed by atoms with Gasteiger partial charge in [-0.2, -0.15) is 5.10 Å². The third-order valence-corrected chi connectivity index (χ3v) is 3.64. The highest BCUT2D eigenvalue weighted by Crippen LogP contribution is 2.18. The molecule has 0 N–H and O–H groups in total. The second-order valence-electron chi connectivity index (χ2n) is 5.19. The fourth-order valence-corrected chi connectivity index (χ4v) is 2.36. The van der Waals surface area contributed by atoms with Crippen molar-refractivity contribution in [2.75, 3.05) is 14.2 Å². The first kappa shape index (κ1) is 16.7. The van der Waals surface area contributed by atoms with Crippen molar-refractivity contribution >= 4 is 5.97 Å². The van der Waals surface area contributed by atoms with E-state index in [1.807, 2.05) is 24.3 Å². The van der Waals surface area contributed by atoms with Gasteiger partial charge in [-0.05, 0) is 17.5 Å². The average Bonchev–Trinajstić information content (AvgIpc) is 2.57. The quantitative estimate of drug-likeness (QED) is 0.755. The molecular formula is C17H20N2O4. The predicted octanol–water partition coefficient (Wildman–Crippen LogP) is 1.49. The third kappa shape index (κ3) is 4.18. The Bertz CT molecular complexity index is 752.